The van der Waals surface area contributed by atoms with Crippen LogP contribution in [0.25, 0.3) is 0 Å². The van der Waals surface area contributed by atoms with E-state index in [4.69, 9.17) is 0 Å². The van der Waals surface area contributed by atoms with E-state index in [0.29, 0.717) is 0 Å². The summed E-state index contributed by atoms with van der Waals surface area (Å²) in [6.45, 7) is 7.29. The Kier molecular flexibility index (Phi) is 5.49. The predicted octanol–water partition coefficient (Wildman–Crippen LogP) is 3.29. The molecule has 0 aromatic heterocycles. The van der Waals surface area contributed by atoms with Gasteiger partial charge in [0.1, 0.15) is 0 Å². The van der Waals surface area contributed by atoms with Crippen LogP contribution in [0.1, 0.15) is 37.3 Å². The van der Waals surface area contributed by atoms with Crippen molar-refractivity contribution in [2.75, 3.05) is 18.5 Å². The van der Waals surface area contributed by atoms with Gasteiger partial charge in [-0.3, -0.25) is 0 Å². The highest BCUT2D eigenvalue weighted by molar-refractivity contribution is 5.50. The number of aliphatic hydroxyl groups excluding tert-OH is 1. The summed E-state index contributed by atoms with van der Waals surface area (Å²) < 4.78 is 0. The molecule has 1 atom stereocenters. The third kappa shape index (κ3) is 4.78. The van der Waals surface area contributed by atoms with Gasteiger partial charge in [0.15, 0.2) is 0 Å². The maximum atomic E-state index is 9.51. The molecule has 0 fully saturated rings. The van der Waals surface area contributed by atoms with Crippen LogP contribution in [0.3, 0.4) is 0 Å². The van der Waals surface area contributed by atoms with Crippen molar-refractivity contribution >= 4 is 5.69 Å². The first kappa shape index (κ1) is 14.0. The van der Waals surface area contributed by atoms with Crippen molar-refractivity contribution in [3.05, 3.63) is 29.3 Å². The molecule has 1 rings (SSSR count). The molecule has 1 N–H and O–H groups in total. The van der Waals surface area contributed by atoms with E-state index in [-0.39, 0.29) is 6.10 Å². The molecule has 0 bridgehead atoms. The Labute approximate surface area is 105 Å². The van der Waals surface area contributed by atoms with E-state index in [0.717, 1.165) is 25.8 Å². The van der Waals surface area contributed by atoms with Crippen LogP contribution in [0, 0.1) is 13.8 Å². The molecule has 0 aliphatic heterocycles. The van der Waals surface area contributed by atoms with Crippen LogP contribution in [0.2, 0.25) is 0 Å². The van der Waals surface area contributed by atoms with E-state index in [1.165, 1.54) is 16.8 Å². The monoisotopic (exact) mass is 235 g/mol. The van der Waals surface area contributed by atoms with E-state index in [1.54, 1.807) is 0 Å². The zero-order valence-electron chi connectivity index (χ0n) is 11.5. The minimum Gasteiger partial charge on any atom is -0.393 e. The maximum absolute atomic E-state index is 9.51. The molecule has 0 amide bonds. The molecule has 17 heavy (non-hydrogen) atoms. The first-order valence-corrected chi connectivity index (χ1v) is 6.50. The molecule has 0 spiro atoms. The molecule has 0 aliphatic rings. The maximum Gasteiger partial charge on any atom is 0.0538 e. The lowest BCUT2D eigenvalue weighted by Gasteiger charge is -2.21. The number of aliphatic hydroxyl groups is 1. The molecule has 0 radical (unpaired) electrons. The van der Waals surface area contributed by atoms with E-state index >= 15 is 0 Å². The number of hydrogen-bond acceptors (Lipinski definition) is 2. The smallest absolute Gasteiger partial charge is 0.0538 e. The second kappa shape index (κ2) is 6.65. The quantitative estimate of drug-likeness (QED) is 0.818. The largest absolute Gasteiger partial charge is 0.393 e. The van der Waals surface area contributed by atoms with Crippen LogP contribution in [0.4, 0.5) is 5.69 Å². The lowest BCUT2D eigenvalue weighted by atomic mass is 10.1. The average molecular weight is 235 g/mol. The fourth-order valence-corrected chi connectivity index (χ4v) is 2.07. The van der Waals surface area contributed by atoms with Gasteiger partial charge in [-0.1, -0.05) is 13.0 Å². The van der Waals surface area contributed by atoms with E-state index in [2.05, 4.69) is 44.0 Å². The summed E-state index contributed by atoms with van der Waals surface area (Å²) in [5.41, 5.74) is 3.88. The molecule has 2 nitrogen and oxygen atoms in total. The van der Waals surface area contributed by atoms with Gasteiger partial charge in [-0.2, -0.15) is 0 Å². The molecule has 1 aromatic carbocycles. The highest BCUT2D eigenvalue weighted by atomic mass is 16.3. The van der Waals surface area contributed by atoms with Crippen molar-refractivity contribution in [1.29, 1.82) is 0 Å². The fraction of sp³-hybridized carbons (Fsp3) is 0.600. The van der Waals surface area contributed by atoms with Crippen LogP contribution in [0.5, 0.6) is 0 Å². The molecule has 2 heteroatoms. The van der Waals surface area contributed by atoms with Crippen LogP contribution in [-0.2, 0) is 0 Å². The van der Waals surface area contributed by atoms with Crippen LogP contribution in [0.15, 0.2) is 18.2 Å². The van der Waals surface area contributed by atoms with Gasteiger partial charge in [0.2, 0.25) is 0 Å². The normalized spacial score (nSPS) is 12.5. The van der Waals surface area contributed by atoms with E-state index < -0.39 is 0 Å². The fourth-order valence-electron chi connectivity index (χ4n) is 2.07. The second-order valence-electron chi connectivity index (χ2n) is 4.97. The SMILES string of the molecule is CCC(O)CCCN(C)c1cc(C)cc(C)c1. The molecule has 1 aromatic rings. The molecule has 96 valence electrons. The lowest BCUT2D eigenvalue weighted by Crippen LogP contribution is -2.20. The van der Waals surface area contributed by atoms with Gasteiger partial charge in [0.25, 0.3) is 0 Å². The third-order valence-electron chi connectivity index (χ3n) is 3.15. The van der Waals surface area contributed by atoms with Gasteiger partial charge < -0.3 is 10.0 Å². The Morgan fingerprint density at radius 2 is 1.76 bits per heavy atom. The third-order valence-corrected chi connectivity index (χ3v) is 3.15. The van der Waals surface area contributed by atoms with Gasteiger partial charge >= 0.3 is 0 Å². The zero-order valence-corrected chi connectivity index (χ0v) is 11.5. The Morgan fingerprint density at radius 3 is 2.29 bits per heavy atom. The van der Waals surface area contributed by atoms with Crippen LogP contribution < -0.4 is 4.90 Å². The number of aryl methyl sites for hydroxylation is 2. The van der Waals surface area contributed by atoms with Crippen LogP contribution >= 0.6 is 0 Å². The van der Waals surface area contributed by atoms with Gasteiger partial charge in [-0.25, -0.2) is 0 Å². The summed E-state index contributed by atoms with van der Waals surface area (Å²) in [5.74, 6) is 0. The predicted molar refractivity (Wildman–Crippen MR) is 74.7 cm³/mol. The summed E-state index contributed by atoms with van der Waals surface area (Å²) in [4.78, 5) is 2.27. The Hall–Kier alpha value is -1.02. The first-order valence-electron chi connectivity index (χ1n) is 6.50. The van der Waals surface area contributed by atoms with E-state index in [1.807, 2.05) is 6.92 Å². The number of hydrogen-bond donors (Lipinski definition) is 1. The molecule has 0 aliphatic carbocycles. The number of anilines is 1. The number of benzene rings is 1. The Bertz CT molecular complexity index is 329. The van der Waals surface area contributed by atoms with Crippen molar-refractivity contribution in [2.24, 2.45) is 0 Å². The summed E-state index contributed by atoms with van der Waals surface area (Å²) in [5, 5.41) is 9.51. The lowest BCUT2D eigenvalue weighted by molar-refractivity contribution is 0.158. The average Bonchev–Trinajstić information content (AvgIpc) is 2.27. The zero-order chi connectivity index (χ0) is 12.8. The minimum atomic E-state index is -0.136. The van der Waals surface area contributed by atoms with Crippen molar-refractivity contribution in [3.8, 4) is 0 Å². The molecular weight excluding hydrogens is 210 g/mol. The molecule has 0 heterocycles. The van der Waals surface area contributed by atoms with Crippen molar-refractivity contribution in [1.82, 2.24) is 0 Å². The van der Waals surface area contributed by atoms with Crippen LogP contribution in [-0.4, -0.2) is 24.8 Å². The summed E-state index contributed by atoms with van der Waals surface area (Å²) in [6.07, 6.45) is 2.65. The standard InChI is InChI=1S/C15H25NO/c1-5-15(17)7-6-8-16(4)14-10-12(2)9-13(3)11-14/h9-11,15,17H,5-8H2,1-4H3. The van der Waals surface area contributed by atoms with Crippen molar-refractivity contribution in [2.45, 2.75) is 46.1 Å². The number of rotatable bonds is 6. The molecule has 0 saturated heterocycles. The van der Waals surface area contributed by atoms with Gasteiger partial charge in [-0.15, -0.1) is 0 Å². The van der Waals surface area contributed by atoms with E-state index in [9.17, 15) is 5.11 Å². The highest BCUT2D eigenvalue weighted by Gasteiger charge is 2.04. The Morgan fingerprint density at radius 1 is 1.18 bits per heavy atom. The Balaban J connectivity index is 2.49. The van der Waals surface area contributed by atoms with Crippen molar-refractivity contribution < 1.29 is 5.11 Å². The van der Waals surface area contributed by atoms with Crippen molar-refractivity contribution in [3.63, 3.8) is 0 Å². The summed E-state index contributed by atoms with van der Waals surface area (Å²) >= 11 is 0. The number of nitrogens with zero attached hydrogens (tertiary/aromatic N) is 1. The first-order chi connectivity index (χ1) is 8.02. The molecular formula is C15H25NO. The second-order valence-corrected chi connectivity index (χ2v) is 4.97. The molecule has 0 saturated carbocycles. The summed E-state index contributed by atoms with van der Waals surface area (Å²) in [6, 6.07) is 6.62. The minimum absolute atomic E-state index is 0.136. The highest BCUT2D eigenvalue weighted by Crippen LogP contribution is 2.18. The van der Waals surface area contributed by atoms with Gasteiger partial charge in [0.05, 0.1) is 6.10 Å². The molecule has 1 unspecified atom stereocenters. The van der Waals surface area contributed by atoms with Gasteiger partial charge in [0, 0.05) is 19.3 Å². The van der Waals surface area contributed by atoms with Gasteiger partial charge in [-0.05, 0) is 56.4 Å². The summed E-state index contributed by atoms with van der Waals surface area (Å²) in [7, 11) is 2.12. The topological polar surface area (TPSA) is 23.5 Å².